The van der Waals surface area contributed by atoms with Crippen LogP contribution in [0.25, 0.3) is 0 Å². The van der Waals surface area contributed by atoms with E-state index in [0.29, 0.717) is 6.07 Å². The molecule has 0 aliphatic heterocycles. The van der Waals surface area contributed by atoms with E-state index in [1.54, 1.807) is 0 Å². The molecule has 0 saturated carbocycles. The average molecular weight is 334 g/mol. The van der Waals surface area contributed by atoms with Crippen molar-refractivity contribution in [2.45, 2.75) is 6.04 Å². The van der Waals surface area contributed by atoms with Crippen molar-refractivity contribution in [1.29, 1.82) is 0 Å². The number of halogens is 5. The van der Waals surface area contributed by atoms with Gasteiger partial charge in [-0.25, -0.2) is 17.6 Å². The van der Waals surface area contributed by atoms with Gasteiger partial charge in [0.05, 0.1) is 10.5 Å². The summed E-state index contributed by atoms with van der Waals surface area (Å²) in [7, 11) is 0. The minimum absolute atomic E-state index is 0.00638. The highest BCUT2D eigenvalue weighted by molar-refractivity contribution is 9.10. The van der Waals surface area contributed by atoms with Crippen LogP contribution in [-0.4, -0.2) is 0 Å². The van der Waals surface area contributed by atoms with Crippen LogP contribution in [0.1, 0.15) is 17.2 Å². The Morgan fingerprint density at radius 2 is 1.53 bits per heavy atom. The zero-order chi connectivity index (χ0) is 14.2. The second kappa shape index (κ2) is 5.30. The van der Waals surface area contributed by atoms with Gasteiger partial charge in [0.25, 0.3) is 0 Å². The first-order valence-corrected chi connectivity index (χ1v) is 6.05. The largest absolute Gasteiger partial charge is 0.320 e. The Balaban J connectivity index is 2.50. The molecule has 0 saturated heterocycles. The number of rotatable bonds is 2. The molecule has 2 aromatic carbocycles. The van der Waals surface area contributed by atoms with Gasteiger partial charge in [0.2, 0.25) is 0 Å². The first-order valence-electron chi connectivity index (χ1n) is 5.25. The van der Waals surface area contributed by atoms with Gasteiger partial charge < -0.3 is 5.73 Å². The molecule has 2 aromatic rings. The number of nitrogens with two attached hydrogens (primary N) is 1. The molecule has 0 aliphatic rings. The van der Waals surface area contributed by atoms with Crippen molar-refractivity contribution in [3.63, 3.8) is 0 Å². The first-order chi connectivity index (χ1) is 8.91. The zero-order valence-corrected chi connectivity index (χ0v) is 11.0. The summed E-state index contributed by atoms with van der Waals surface area (Å²) in [5, 5.41) is 0. The van der Waals surface area contributed by atoms with Gasteiger partial charge in [0.1, 0.15) is 11.6 Å². The van der Waals surface area contributed by atoms with Gasteiger partial charge in [-0.05, 0) is 33.6 Å². The van der Waals surface area contributed by atoms with Crippen LogP contribution in [0.2, 0.25) is 0 Å². The van der Waals surface area contributed by atoms with Crippen molar-refractivity contribution < 1.29 is 17.6 Å². The maximum atomic E-state index is 13.6. The Hall–Kier alpha value is -1.40. The summed E-state index contributed by atoms with van der Waals surface area (Å²) in [4.78, 5) is 0. The van der Waals surface area contributed by atoms with E-state index < -0.39 is 29.3 Å². The molecule has 2 rings (SSSR count). The van der Waals surface area contributed by atoms with E-state index in [-0.39, 0.29) is 15.6 Å². The fourth-order valence-corrected chi connectivity index (χ4v) is 2.27. The third-order valence-corrected chi connectivity index (χ3v) is 3.50. The van der Waals surface area contributed by atoms with Crippen molar-refractivity contribution in [3.05, 3.63) is 69.2 Å². The van der Waals surface area contributed by atoms with E-state index in [0.717, 1.165) is 12.1 Å². The third-order valence-electron chi connectivity index (χ3n) is 2.70. The molecule has 1 nitrogen and oxygen atoms in total. The lowest BCUT2D eigenvalue weighted by Crippen LogP contribution is -2.15. The van der Waals surface area contributed by atoms with Gasteiger partial charge in [-0.1, -0.05) is 12.1 Å². The molecule has 0 bridgehead atoms. The standard InChI is InChI=1S/C13H8BrF4N/c14-11-8(3-4-9(16)12(11)18)13(19)7-2-1-6(15)5-10(7)17/h1-5,13H,19H2. The van der Waals surface area contributed by atoms with Gasteiger partial charge in [-0.3, -0.25) is 0 Å². The zero-order valence-electron chi connectivity index (χ0n) is 9.43. The fourth-order valence-electron chi connectivity index (χ4n) is 1.70. The lowest BCUT2D eigenvalue weighted by atomic mass is 9.99. The molecule has 19 heavy (non-hydrogen) atoms. The summed E-state index contributed by atoms with van der Waals surface area (Å²) in [6.07, 6.45) is 0. The Kier molecular flexibility index (Phi) is 3.91. The van der Waals surface area contributed by atoms with Gasteiger partial charge in [-0.2, -0.15) is 0 Å². The maximum absolute atomic E-state index is 13.6. The quantitative estimate of drug-likeness (QED) is 0.651. The molecule has 6 heteroatoms. The lowest BCUT2D eigenvalue weighted by molar-refractivity contribution is 0.500. The predicted octanol–water partition coefficient (Wildman–Crippen LogP) is 4.05. The van der Waals surface area contributed by atoms with E-state index in [1.807, 2.05) is 0 Å². The number of hydrogen-bond acceptors (Lipinski definition) is 1. The SMILES string of the molecule is NC(c1ccc(F)cc1F)c1ccc(F)c(F)c1Br. The van der Waals surface area contributed by atoms with E-state index in [2.05, 4.69) is 15.9 Å². The third kappa shape index (κ3) is 2.64. The van der Waals surface area contributed by atoms with Crippen LogP contribution in [0.3, 0.4) is 0 Å². The van der Waals surface area contributed by atoms with Crippen LogP contribution < -0.4 is 5.73 Å². The Morgan fingerprint density at radius 3 is 2.16 bits per heavy atom. The average Bonchev–Trinajstić information content (AvgIpc) is 2.35. The van der Waals surface area contributed by atoms with Gasteiger partial charge in [-0.15, -0.1) is 0 Å². The minimum atomic E-state index is -1.10. The van der Waals surface area contributed by atoms with E-state index in [4.69, 9.17) is 5.73 Å². The topological polar surface area (TPSA) is 26.0 Å². The molecule has 2 N–H and O–H groups in total. The summed E-state index contributed by atoms with van der Waals surface area (Å²) in [5.41, 5.74) is 5.97. The molecule has 1 unspecified atom stereocenters. The van der Waals surface area contributed by atoms with Crippen molar-refractivity contribution in [2.75, 3.05) is 0 Å². The van der Waals surface area contributed by atoms with Crippen molar-refractivity contribution in [1.82, 2.24) is 0 Å². The highest BCUT2D eigenvalue weighted by Crippen LogP contribution is 2.31. The number of hydrogen-bond donors (Lipinski definition) is 1. The monoisotopic (exact) mass is 333 g/mol. The smallest absolute Gasteiger partial charge is 0.173 e. The highest BCUT2D eigenvalue weighted by Gasteiger charge is 2.20. The molecule has 0 spiro atoms. The highest BCUT2D eigenvalue weighted by atomic mass is 79.9. The van der Waals surface area contributed by atoms with E-state index >= 15 is 0 Å². The van der Waals surface area contributed by atoms with Crippen molar-refractivity contribution in [2.24, 2.45) is 5.73 Å². The number of benzene rings is 2. The second-order valence-electron chi connectivity index (χ2n) is 3.91. The van der Waals surface area contributed by atoms with Crippen LogP contribution >= 0.6 is 15.9 Å². The van der Waals surface area contributed by atoms with Crippen molar-refractivity contribution in [3.8, 4) is 0 Å². The molecule has 0 radical (unpaired) electrons. The van der Waals surface area contributed by atoms with E-state index in [1.165, 1.54) is 12.1 Å². The maximum Gasteiger partial charge on any atom is 0.173 e. The molecule has 0 fully saturated rings. The first kappa shape index (κ1) is 14.0. The molecule has 0 amide bonds. The van der Waals surface area contributed by atoms with Crippen LogP contribution in [0, 0.1) is 23.3 Å². The van der Waals surface area contributed by atoms with Gasteiger partial charge in [0.15, 0.2) is 11.6 Å². The van der Waals surface area contributed by atoms with Gasteiger partial charge in [0, 0.05) is 11.6 Å². The summed E-state index contributed by atoms with van der Waals surface area (Å²) in [5.74, 6) is -3.72. The Labute approximate surface area is 115 Å². The van der Waals surface area contributed by atoms with Crippen LogP contribution in [0.4, 0.5) is 17.6 Å². The van der Waals surface area contributed by atoms with Crippen LogP contribution in [0.15, 0.2) is 34.8 Å². The molecular weight excluding hydrogens is 326 g/mol. The molecule has 1 atom stereocenters. The summed E-state index contributed by atoms with van der Waals surface area (Å²) in [6.45, 7) is 0. The minimum Gasteiger partial charge on any atom is -0.320 e. The molecule has 0 aliphatic carbocycles. The molecule has 0 heterocycles. The normalized spacial score (nSPS) is 12.5. The molecule has 100 valence electrons. The Morgan fingerprint density at radius 1 is 0.895 bits per heavy atom. The lowest BCUT2D eigenvalue weighted by Gasteiger charge is -2.15. The Bertz CT molecular complexity index is 630. The van der Waals surface area contributed by atoms with E-state index in [9.17, 15) is 17.6 Å². The van der Waals surface area contributed by atoms with Crippen LogP contribution in [0.5, 0.6) is 0 Å². The van der Waals surface area contributed by atoms with Gasteiger partial charge >= 0.3 is 0 Å². The molecule has 0 aromatic heterocycles. The fraction of sp³-hybridized carbons (Fsp3) is 0.0769. The van der Waals surface area contributed by atoms with Crippen molar-refractivity contribution >= 4 is 15.9 Å². The summed E-state index contributed by atoms with van der Waals surface area (Å²) in [6, 6.07) is 4.01. The second-order valence-corrected chi connectivity index (χ2v) is 4.70. The molecular formula is C13H8BrF4N. The summed E-state index contributed by atoms with van der Waals surface area (Å²) < 4.78 is 52.6. The predicted molar refractivity (Wildman–Crippen MR) is 66.4 cm³/mol. The summed E-state index contributed by atoms with van der Waals surface area (Å²) >= 11 is 2.88. The van der Waals surface area contributed by atoms with Crippen LogP contribution in [-0.2, 0) is 0 Å².